The van der Waals surface area contributed by atoms with E-state index >= 15 is 0 Å². The van der Waals surface area contributed by atoms with Crippen molar-refractivity contribution < 1.29 is 18.3 Å². The molecule has 2 rings (SSSR count). The summed E-state index contributed by atoms with van der Waals surface area (Å²) in [7, 11) is -3.21. The molecule has 4 nitrogen and oxygen atoms in total. The summed E-state index contributed by atoms with van der Waals surface area (Å²) in [6.07, 6.45) is 1.43. The van der Waals surface area contributed by atoms with Gasteiger partial charge in [-0.25, -0.2) is 13.2 Å². The van der Waals surface area contributed by atoms with Crippen LogP contribution in [-0.2, 0) is 14.6 Å². The molecule has 1 saturated carbocycles. The lowest BCUT2D eigenvalue weighted by atomic mass is 10.1. The van der Waals surface area contributed by atoms with Gasteiger partial charge in [-0.3, -0.25) is 0 Å². The topological polar surface area (TPSA) is 71.4 Å². The highest BCUT2D eigenvalue weighted by molar-refractivity contribution is 7.92. The third kappa shape index (κ3) is 2.24. The van der Waals surface area contributed by atoms with Gasteiger partial charge in [0.25, 0.3) is 0 Å². The number of carboxylic acids is 1. The van der Waals surface area contributed by atoms with E-state index in [1.54, 1.807) is 0 Å². The zero-order valence-corrected chi connectivity index (χ0v) is 9.90. The zero-order valence-electron chi connectivity index (χ0n) is 9.09. The van der Waals surface area contributed by atoms with Crippen LogP contribution in [0, 0.1) is 0 Å². The second kappa shape index (κ2) is 4.00. The summed E-state index contributed by atoms with van der Waals surface area (Å²) < 4.78 is 23.7. The summed E-state index contributed by atoms with van der Waals surface area (Å²) in [5.41, 5.74) is 0.382. The predicted molar refractivity (Wildman–Crippen MR) is 63.3 cm³/mol. The van der Waals surface area contributed by atoms with Crippen molar-refractivity contribution >= 4 is 21.4 Å². The highest BCUT2D eigenvalue weighted by Crippen LogP contribution is 2.33. The summed E-state index contributed by atoms with van der Waals surface area (Å²) in [6, 6.07) is 5.84. The fourth-order valence-electron chi connectivity index (χ4n) is 1.54. The lowest BCUT2D eigenvalue weighted by Crippen LogP contribution is -2.07. The number of rotatable bonds is 4. The van der Waals surface area contributed by atoms with Gasteiger partial charge in [0.05, 0.1) is 15.7 Å². The predicted octanol–water partition coefficient (Wildman–Crippen LogP) is 1.72. The molecule has 1 aliphatic rings. The Hall–Kier alpha value is -1.62. The molecule has 0 bridgehead atoms. The van der Waals surface area contributed by atoms with Crippen LogP contribution in [0.2, 0.25) is 0 Å². The largest absolute Gasteiger partial charge is 0.478 e. The molecule has 1 fully saturated rings. The average molecular weight is 252 g/mol. The Morgan fingerprint density at radius 2 is 1.76 bits per heavy atom. The summed E-state index contributed by atoms with van der Waals surface area (Å²) in [5, 5.41) is 8.49. The minimum absolute atomic E-state index is 0.0413. The van der Waals surface area contributed by atoms with Gasteiger partial charge in [0, 0.05) is 0 Å². The number of hydrogen-bond donors (Lipinski definition) is 1. The van der Waals surface area contributed by atoms with E-state index in [9.17, 15) is 13.2 Å². The van der Waals surface area contributed by atoms with Crippen molar-refractivity contribution in [2.75, 3.05) is 0 Å². The van der Waals surface area contributed by atoms with E-state index in [0.29, 0.717) is 18.4 Å². The summed E-state index contributed by atoms with van der Waals surface area (Å²) in [6.45, 7) is 3.41. The first kappa shape index (κ1) is 11.9. The van der Waals surface area contributed by atoms with Crippen molar-refractivity contribution in [3.05, 3.63) is 36.4 Å². The monoisotopic (exact) mass is 252 g/mol. The molecular formula is C12H12O4S. The Balaban J connectivity index is 2.30. The molecule has 1 aromatic carbocycles. The van der Waals surface area contributed by atoms with Gasteiger partial charge >= 0.3 is 5.97 Å². The molecule has 0 radical (unpaired) electrons. The normalized spacial score (nSPS) is 15.5. The molecule has 0 spiro atoms. The van der Waals surface area contributed by atoms with Gasteiger partial charge in [-0.05, 0) is 30.5 Å². The molecule has 0 atom stereocenters. The van der Waals surface area contributed by atoms with Crippen LogP contribution in [0.1, 0.15) is 18.4 Å². The maximum absolute atomic E-state index is 11.9. The molecule has 0 saturated heterocycles. The first-order valence-corrected chi connectivity index (χ1v) is 6.74. The molecule has 1 aliphatic carbocycles. The third-order valence-corrected chi connectivity index (χ3v) is 5.03. The van der Waals surface area contributed by atoms with E-state index in [-0.39, 0.29) is 15.7 Å². The molecule has 17 heavy (non-hydrogen) atoms. The van der Waals surface area contributed by atoms with Crippen LogP contribution >= 0.6 is 0 Å². The van der Waals surface area contributed by atoms with Crippen LogP contribution in [0.25, 0.3) is 5.57 Å². The van der Waals surface area contributed by atoms with E-state index in [1.165, 1.54) is 24.3 Å². The van der Waals surface area contributed by atoms with E-state index < -0.39 is 15.8 Å². The van der Waals surface area contributed by atoms with Crippen LogP contribution in [-0.4, -0.2) is 24.7 Å². The van der Waals surface area contributed by atoms with Crippen molar-refractivity contribution in [3.63, 3.8) is 0 Å². The Morgan fingerprint density at radius 3 is 2.18 bits per heavy atom. The van der Waals surface area contributed by atoms with Gasteiger partial charge in [-0.2, -0.15) is 0 Å². The summed E-state index contributed by atoms with van der Waals surface area (Å²) in [4.78, 5) is 10.9. The van der Waals surface area contributed by atoms with Crippen LogP contribution in [0.4, 0.5) is 0 Å². The zero-order chi connectivity index (χ0) is 12.6. The standard InChI is InChI=1S/C12H12O4S/c1-8(12(13)14)9-2-4-10(5-3-9)17(15,16)11-6-7-11/h2-5,11H,1,6-7H2,(H,13,14). The lowest BCUT2D eigenvalue weighted by molar-refractivity contribution is -0.130. The van der Waals surface area contributed by atoms with Gasteiger partial charge in [-0.1, -0.05) is 18.7 Å². The van der Waals surface area contributed by atoms with Gasteiger partial charge in [-0.15, -0.1) is 0 Å². The van der Waals surface area contributed by atoms with E-state index in [1.807, 2.05) is 0 Å². The smallest absolute Gasteiger partial charge is 0.335 e. The molecule has 0 heterocycles. The van der Waals surface area contributed by atoms with Crippen LogP contribution in [0.5, 0.6) is 0 Å². The van der Waals surface area contributed by atoms with E-state index in [4.69, 9.17) is 5.11 Å². The lowest BCUT2D eigenvalue weighted by Gasteiger charge is -2.04. The number of aliphatic carboxylic acids is 1. The Kier molecular flexibility index (Phi) is 2.79. The average Bonchev–Trinajstić information content (AvgIpc) is 3.12. The van der Waals surface area contributed by atoms with Crippen LogP contribution in [0.15, 0.2) is 35.7 Å². The number of hydrogen-bond acceptors (Lipinski definition) is 3. The van der Waals surface area contributed by atoms with Crippen LogP contribution < -0.4 is 0 Å². The second-order valence-corrected chi connectivity index (χ2v) is 6.28. The molecular weight excluding hydrogens is 240 g/mol. The number of carboxylic acid groups (broad SMARTS) is 1. The van der Waals surface area contributed by atoms with E-state index in [0.717, 1.165) is 0 Å². The quantitative estimate of drug-likeness (QED) is 0.828. The number of carbonyl (C=O) groups is 1. The Labute approximate surface area is 99.5 Å². The molecule has 90 valence electrons. The fraction of sp³-hybridized carbons (Fsp3) is 0.250. The summed E-state index contributed by atoms with van der Waals surface area (Å²) in [5.74, 6) is -1.11. The number of benzene rings is 1. The van der Waals surface area contributed by atoms with Crippen LogP contribution in [0.3, 0.4) is 0 Å². The van der Waals surface area contributed by atoms with Gasteiger partial charge in [0.15, 0.2) is 9.84 Å². The maximum atomic E-state index is 11.9. The molecule has 0 aliphatic heterocycles. The Bertz CT molecular complexity index is 565. The van der Waals surface area contributed by atoms with Gasteiger partial charge in [0.1, 0.15) is 0 Å². The van der Waals surface area contributed by atoms with Crippen molar-refractivity contribution in [1.82, 2.24) is 0 Å². The van der Waals surface area contributed by atoms with Gasteiger partial charge in [0.2, 0.25) is 0 Å². The molecule has 5 heteroatoms. The molecule has 0 aromatic heterocycles. The second-order valence-electron chi connectivity index (χ2n) is 4.05. The first-order valence-electron chi connectivity index (χ1n) is 5.19. The first-order chi connectivity index (χ1) is 7.93. The molecule has 1 N–H and O–H groups in total. The summed E-state index contributed by atoms with van der Waals surface area (Å²) >= 11 is 0. The Morgan fingerprint density at radius 1 is 1.24 bits per heavy atom. The highest BCUT2D eigenvalue weighted by Gasteiger charge is 2.36. The van der Waals surface area contributed by atoms with Crippen molar-refractivity contribution in [3.8, 4) is 0 Å². The van der Waals surface area contributed by atoms with Crippen molar-refractivity contribution in [2.24, 2.45) is 0 Å². The molecule has 0 amide bonds. The maximum Gasteiger partial charge on any atom is 0.335 e. The van der Waals surface area contributed by atoms with Gasteiger partial charge < -0.3 is 5.11 Å². The van der Waals surface area contributed by atoms with Crippen molar-refractivity contribution in [2.45, 2.75) is 23.0 Å². The number of sulfone groups is 1. The third-order valence-electron chi connectivity index (χ3n) is 2.75. The fourth-order valence-corrected chi connectivity index (χ4v) is 3.20. The van der Waals surface area contributed by atoms with Crippen molar-refractivity contribution in [1.29, 1.82) is 0 Å². The van der Waals surface area contributed by atoms with E-state index in [2.05, 4.69) is 6.58 Å². The highest BCUT2D eigenvalue weighted by atomic mass is 32.2. The SMILES string of the molecule is C=C(C(=O)O)c1ccc(S(=O)(=O)C2CC2)cc1. The minimum Gasteiger partial charge on any atom is -0.478 e. The molecule has 0 unspecified atom stereocenters. The minimum atomic E-state index is -3.21. The molecule has 1 aromatic rings.